The zero-order valence-electron chi connectivity index (χ0n) is 68.6. The van der Waals surface area contributed by atoms with E-state index in [0.29, 0.717) is 0 Å². The first kappa shape index (κ1) is 72.7. The topological polar surface area (TPSA) is 32.8 Å². The van der Waals surface area contributed by atoms with E-state index in [4.69, 9.17) is 8.83 Å². The van der Waals surface area contributed by atoms with E-state index >= 15 is 0 Å². The van der Waals surface area contributed by atoms with Crippen LogP contribution in [0.3, 0.4) is 0 Å². The lowest BCUT2D eigenvalue weighted by Crippen LogP contribution is -2.61. The maximum atomic E-state index is 7.04. The van der Waals surface area contributed by atoms with Crippen molar-refractivity contribution in [3.63, 3.8) is 0 Å². The molecule has 2 aliphatic heterocycles. The molecule has 19 aromatic rings. The summed E-state index contributed by atoms with van der Waals surface area (Å²) in [6.45, 7) is 20.9. The standard InChI is InChI=1S/C114H89BN2O2/c1-112(2,3)86-55-56-97-100(71-86)117(110-93(76-42-24-14-25-43-76)67-87(113(4,5)6)68-94(110)77-44-26-15-27-45-77)102-66-85(84-62-81(74-38-20-12-21-39-74)59-82(63-84)75-40-22-13-23-41-75)65-101-109(102)115(97)98-64-78(83-60-79(72-34-16-10-17-35-72)58-80(61-83)73-36-18-11-19-37-73)54-57-99(98)116(101)111-95(89-48-32-52-105-107(89)91-46-28-30-50-103(91)118-105)69-88(114(7,8)9)70-96(111)90-49-33-53-106-108(90)92-47-29-31-51-104(92)119-106/h10-71H,1-9H3. The third kappa shape index (κ3) is 12.7. The summed E-state index contributed by atoms with van der Waals surface area (Å²) in [5.41, 5.74) is 38.6. The van der Waals surface area contributed by atoms with E-state index in [1.165, 1.54) is 33.1 Å². The van der Waals surface area contributed by atoms with Crippen molar-refractivity contribution >= 4 is 101 Å². The molecule has 4 nitrogen and oxygen atoms in total. The van der Waals surface area contributed by atoms with Gasteiger partial charge in [0.1, 0.15) is 22.3 Å². The Labute approximate surface area is 697 Å². The zero-order valence-corrected chi connectivity index (χ0v) is 68.6. The summed E-state index contributed by atoms with van der Waals surface area (Å²) < 4.78 is 14.1. The highest BCUT2D eigenvalue weighted by atomic mass is 16.3. The molecule has 5 heteroatoms. The molecule has 0 saturated carbocycles. The van der Waals surface area contributed by atoms with Crippen LogP contribution in [0.2, 0.25) is 0 Å². The Morgan fingerprint density at radius 3 is 0.958 bits per heavy atom. The summed E-state index contributed by atoms with van der Waals surface area (Å²) in [5, 5.41) is 4.23. The molecule has 0 aliphatic carbocycles. The molecule has 0 radical (unpaired) electrons. The Kier molecular flexibility index (Phi) is 17.4. The van der Waals surface area contributed by atoms with Crippen molar-refractivity contribution in [2.45, 2.75) is 78.6 Å². The maximum absolute atomic E-state index is 7.04. The number of para-hydroxylation sites is 2. The van der Waals surface area contributed by atoms with Gasteiger partial charge in [-0.3, -0.25) is 0 Å². The fraction of sp³-hybridized carbons (Fsp3) is 0.105. The average molecular weight is 1530 g/mol. The van der Waals surface area contributed by atoms with Gasteiger partial charge in [0.05, 0.1) is 11.4 Å². The molecule has 2 aliphatic rings. The lowest BCUT2D eigenvalue weighted by molar-refractivity contribution is 0.590. The number of benzene rings is 17. The van der Waals surface area contributed by atoms with Crippen LogP contribution < -0.4 is 26.2 Å². The van der Waals surface area contributed by atoms with Crippen molar-refractivity contribution in [2.75, 3.05) is 9.80 Å². The van der Waals surface area contributed by atoms with Crippen molar-refractivity contribution in [1.29, 1.82) is 0 Å². The van der Waals surface area contributed by atoms with E-state index in [1.807, 2.05) is 0 Å². The van der Waals surface area contributed by atoms with Gasteiger partial charge in [0.2, 0.25) is 0 Å². The van der Waals surface area contributed by atoms with Crippen LogP contribution in [0.25, 0.3) is 155 Å². The Morgan fingerprint density at radius 1 is 0.210 bits per heavy atom. The Morgan fingerprint density at radius 2 is 0.546 bits per heavy atom. The summed E-state index contributed by atoms with van der Waals surface area (Å²) in [7, 11) is 0. The van der Waals surface area contributed by atoms with Crippen molar-refractivity contribution in [3.8, 4) is 111 Å². The molecule has 21 rings (SSSR count). The molecule has 0 spiro atoms. The summed E-state index contributed by atoms with van der Waals surface area (Å²) in [5.74, 6) is 0. The van der Waals surface area contributed by atoms with E-state index in [1.54, 1.807) is 0 Å². The van der Waals surface area contributed by atoms with E-state index < -0.39 is 0 Å². The first-order chi connectivity index (χ1) is 57.9. The van der Waals surface area contributed by atoms with Gasteiger partial charge < -0.3 is 18.6 Å². The summed E-state index contributed by atoms with van der Waals surface area (Å²) in [6, 6.07) is 141. The molecule has 17 aromatic carbocycles. The van der Waals surface area contributed by atoms with E-state index in [9.17, 15) is 0 Å². The molecule has 0 atom stereocenters. The maximum Gasteiger partial charge on any atom is 0.252 e. The van der Waals surface area contributed by atoms with Crippen molar-refractivity contribution in [3.05, 3.63) is 393 Å². The van der Waals surface area contributed by atoms with Crippen LogP contribution >= 0.6 is 0 Å². The second-order valence-corrected chi connectivity index (χ2v) is 35.5. The third-order valence-electron chi connectivity index (χ3n) is 24.8. The summed E-state index contributed by atoms with van der Waals surface area (Å²) in [4.78, 5) is 5.47. The average Bonchev–Trinajstić information content (AvgIpc) is 1.19. The number of anilines is 6. The minimum atomic E-state index is -0.349. The van der Waals surface area contributed by atoms with Gasteiger partial charge >= 0.3 is 0 Å². The molecule has 0 N–H and O–H groups in total. The summed E-state index contributed by atoms with van der Waals surface area (Å²) in [6.07, 6.45) is 0. The second kappa shape index (κ2) is 28.4. The molecule has 0 fully saturated rings. The molecule has 0 saturated heterocycles. The van der Waals surface area contributed by atoms with Crippen LogP contribution in [0.5, 0.6) is 0 Å². The van der Waals surface area contributed by atoms with E-state index in [2.05, 4.69) is 448 Å². The van der Waals surface area contributed by atoms with Gasteiger partial charge in [-0.2, -0.15) is 0 Å². The first-order valence-electron chi connectivity index (χ1n) is 41.8. The molecule has 0 bridgehead atoms. The van der Waals surface area contributed by atoms with E-state index in [-0.39, 0.29) is 23.0 Å². The Hall–Kier alpha value is -14.0. The van der Waals surface area contributed by atoms with Crippen LogP contribution in [0, 0.1) is 0 Å². The number of furan rings is 2. The number of fused-ring (bicyclic) bond motifs is 10. The highest BCUT2D eigenvalue weighted by molar-refractivity contribution is 7.00. The smallest absolute Gasteiger partial charge is 0.252 e. The van der Waals surface area contributed by atoms with Gasteiger partial charge in [-0.15, -0.1) is 0 Å². The number of nitrogens with zero attached hydrogens (tertiary/aromatic N) is 2. The first-order valence-corrected chi connectivity index (χ1v) is 41.8. The van der Waals surface area contributed by atoms with Crippen LogP contribution in [0.1, 0.15) is 79.0 Å². The van der Waals surface area contributed by atoms with Gasteiger partial charge in [-0.05, 0) is 248 Å². The highest BCUT2D eigenvalue weighted by Crippen LogP contribution is 2.58. The normalized spacial score (nSPS) is 12.7. The molecular formula is C114H89BN2O2. The van der Waals surface area contributed by atoms with Crippen LogP contribution in [-0.2, 0) is 16.2 Å². The van der Waals surface area contributed by atoms with Gasteiger partial charge in [0.25, 0.3) is 6.71 Å². The fourth-order valence-corrected chi connectivity index (χ4v) is 18.8. The number of rotatable bonds is 12. The monoisotopic (exact) mass is 1530 g/mol. The lowest BCUT2D eigenvalue weighted by Gasteiger charge is -2.46. The number of hydrogen-bond donors (Lipinski definition) is 0. The van der Waals surface area contributed by atoms with Gasteiger partial charge in [-0.1, -0.05) is 329 Å². The Balaban J connectivity index is 0.984. The zero-order chi connectivity index (χ0) is 80.6. The lowest BCUT2D eigenvalue weighted by atomic mass is 9.33. The van der Waals surface area contributed by atoms with Crippen molar-refractivity contribution < 1.29 is 8.83 Å². The predicted molar refractivity (Wildman–Crippen MR) is 505 cm³/mol. The van der Waals surface area contributed by atoms with Crippen LogP contribution in [0.4, 0.5) is 34.1 Å². The summed E-state index contributed by atoms with van der Waals surface area (Å²) >= 11 is 0. The number of hydrogen-bond acceptors (Lipinski definition) is 4. The molecule has 4 heterocycles. The molecule has 570 valence electrons. The molecule has 119 heavy (non-hydrogen) atoms. The molecular weight excluding hydrogens is 1440 g/mol. The second-order valence-electron chi connectivity index (χ2n) is 35.5. The van der Waals surface area contributed by atoms with Crippen molar-refractivity contribution in [2.24, 2.45) is 0 Å². The molecule has 2 aromatic heterocycles. The van der Waals surface area contributed by atoms with Crippen LogP contribution in [0.15, 0.2) is 385 Å². The predicted octanol–water partition coefficient (Wildman–Crippen LogP) is 30.1. The minimum Gasteiger partial charge on any atom is -0.456 e. The highest BCUT2D eigenvalue weighted by Gasteiger charge is 2.47. The van der Waals surface area contributed by atoms with Gasteiger partial charge in [0.15, 0.2) is 0 Å². The van der Waals surface area contributed by atoms with E-state index in [0.717, 1.165) is 189 Å². The molecule has 0 amide bonds. The van der Waals surface area contributed by atoms with Gasteiger partial charge in [-0.25, -0.2) is 0 Å². The minimum absolute atomic E-state index is 0.238. The van der Waals surface area contributed by atoms with Crippen molar-refractivity contribution in [1.82, 2.24) is 0 Å². The SMILES string of the molecule is CC(C)(C)c1cc(-c2ccccc2)c(N2c3cc(C(C)(C)C)ccc3B3c4cc(-c5cc(-c6ccccc6)cc(-c6ccccc6)c5)ccc4N(c4c(-c5cccc6oc7ccccc7c56)cc(C(C)(C)C)cc4-c4cccc5oc6ccccc6c45)c4cc(-c5cc(-c6ccccc6)cc(-c6ccccc6)c5)cc2c43)c(-c2ccccc2)c1. The third-order valence-corrected chi connectivity index (χ3v) is 24.8. The van der Waals surface area contributed by atoms with Gasteiger partial charge in [0, 0.05) is 66.5 Å². The van der Waals surface area contributed by atoms with Crippen LogP contribution in [-0.4, -0.2) is 6.71 Å². The largest absolute Gasteiger partial charge is 0.456 e. The Bertz CT molecular complexity index is 6890. The fourth-order valence-electron chi connectivity index (χ4n) is 18.8. The quantitative estimate of drug-likeness (QED) is 0.114. The molecule has 0 unspecified atom stereocenters.